The Kier molecular flexibility index (Phi) is 6.01. The largest absolute Gasteiger partial charge is 0.396 e. The maximum atomic E-state index is 13.8. The van der Waals surface area contributed by atoms with Crippen molar-refractivity contribution in [1.29, 1.82) is 0 Å². The lowest BCUT2D eigenvalue weighted by Gasteiger charge is -2.38. The molecule has 1 aromatic heterocycles. The third kappa shape index (κ3) is 4.68. The van der Waals surface area contributed by atoms with Crippen LogP contribution in [0.2, 0.25) is 0 Å². The quantitative estimate of drug-likeness (QED) is 0.748. The first-order valence-electron chi connectivity index (χ1n) is 8.82. The van der Waals surface area contributed by atoms with Crippen LogP contribution in [0.25, 0.3) is 0 Å². The molecule has 0 amide bonds. The molecule has 0 aliphatic carbocycles. The Morgan fingerprint density at radius 3 is 2.57 bits per heavy atom. The summed E-state index contributed by atoms with van der Waals surface area (Å²) in [6.45, 7) is 1.16. The van der Waals surface area contributed by atoms with Crippen molar-refractivity contribution in [3.63, 3.8) is 0 Å². The Hall–Kier alpha value is -2.04. The predicted octanol–water partition coefficient (Wildman–Crippen LogP) is 2.98. The zero-order valence-corrected chi connectivity index (χ0v) is 15.2. The molecule has 0 spiro atoms. The predicted molar refractivity (Wildman–Crippen MR) is 89.8 cm³/mol. The van der Waals surface area contributed by atoms with E-state index in [1.165, 1.54) is 19.2 Å². The van der Waals surface area contributed by atoms with Crippen molar-refractivity contribution >= 4 is 0 Å². The average molecular weight is 403 g/mol. The van der Waals surface area contributed by atoms with Gasteiger partial charge in [0.25, 0.3) is 5.89 Å². The number of hydrogen-bond donors (Lipinski definition) is 1. The van der Waals surface area contributed by atoms with E-state index >= 15 is 0 Å². The third-order valence-corrected chi connectivity index (χ3v) is 4.97. The smallest absolute Gasteiger partial charge is 0.387 e. The Morgan fingerprint density at radius 1 is 1.29 bits per heavy atom. The summed E-state index contributed by atoms with van der Waals surface area (Å²) in [7, 11) is 1.44. The molecule has 1 atom stereocenters. The van der Waals surface area contributed by atoms with Gasteiger partial charge < -0.3 is 19.3 Å². The van der Waals surface area contributed by atoms with Crippen LogP contribution in [0.3, 0.4) is 0 Å². The molecule has 1 aliphatic rings. The number of ether oxygens (including phenoxy) is 1. The van der Waals surface area contributed by atoms with Crippen molar-refractivity contribution in [3.05, 3.63) is 47.4 Å². The molecule has 0 radical (unpaired) electrons. The fraction of sp³-hybridized carbons (Fsp3) is 0.556. The van der Waals surface area contributed by atoms with Crippen LogP contribution >= 0.6 is 0 Å². The molecule has 1 fully saturated rings. The molecule has 6 nitrogen and oxygen atoms in total. The van der Waals surface area contributed by atoms with E-state index in [1.54, 1.807) is 12.1 Å². The van der Waals surface area contributed by atoms with E-state index in [0.717, 1.165) is 0 Å². The number of β-amino-alcohol motifs (C(OH)–C–C–N with tert-alkyl or cyclic N) is 1. The van der Waals surface area contributed by atoms with Gasteiger partial charge in [-0.1, -0.05) is 23.4 Å². The molecule has 1 N–H and O–H groups in total. The van der Waals surface area contributed by atoms with E-state index in [-0.39, 0.29) is 18.0 Å². The molecule has 0 bridgehead atoms. The van der Waals surface area contributed by atoms with E-state index in [9.17, 15) is 22.7 Å². The number of aromatic nitrogens is 2. The number of methoxy groups -OCH3 is 1. The Labute approximate surface area is 159 Å². The van der Waals surface area contributed by atoms with E-state index in [0.29, 0.717) is 25.9 Å². The number of piperidine rings is 1. The van der Waals surface area contributed by atoms with E-state index < -0.39 is 35.9 Å². The second-order valence-electron chi connectivity index (χ2n) is 6.84. The zero-order chi connectivity index (χ0) is 20.4. The van der Waals surface area contributed by atoms with Crippen molar-refractivity contribution in [2.75, 3.05) is 26.7 Å². The minimum absolute atomic E-state index is 0.0172. The Morgan fingerprint density at radius 2 is 1.96 bits per heavy atom. The first kappa shape index (κ1) is 20.7. The SMILES string of the molecule is COC1(c2nc(CC(F)(F)F)no2)CCN(C[C@H](O)c2ccccc2F)CC1. The summed E-state index contributed by atoms with van der Waals surface area (Å²) in [5.74, 6) is -0.888. The molecule has 0 unspecified atom stereocenters. The molecule has 3 rings (SSSR count). The number of benzene rings is 1. The minimum atomic E-state index is -4.42. The molecule has 1 saturated heterocycles. The van der Waals surface area contributed by atoms with Crippen molar-refractivity contribution in [2.24, 2.45) is 0 Å². The van der Waals surface area contributed by atoms with Gasteiger partial charge in [0.1, 0.15) is 17.8 Å². The van der Waals surface area contributed by atoms with Gasteiger partial charge in [-0.15, -0.1) is 0 Å². The molecule has 28 heavy (non-hydrogen) atoms. The number of rotatable bonds is 6. The molecule has 2 aromatic rings. The van der Waals surface area contributed by atoms with Gasteiger partial charge in [0, 0.05) is 32.3 Å². The first-order valence-corrected chi connectivity index (χ1v) is 8.82. The van der Waals surface area contributed by atoms with Crippen LogP contribution in [0.5, 0.6) is 0 Å². The van der Waals surface area contributed by atoms with Crippen molar-refractivity contribution in [3.8, 4) is 0 Å². The maximum Gasteiger partial charge on any atom is 0.396 e. The monoisotopic (exact) mass is 403 g/mol. The topological polar surface area (TPSA) is 71.6 Å². The number of alkyl halides is 3. The van der Waals surface area contributed by atoms with Gasteiger partial charge in [-0.25, -0.2) is 4.39 Å². The molecule has 1 aliphatic heterocycles. The lowest BCUT2D eigenvalue weighted by atomic mass is 9.90. The standard InChI is InChI=1S/C18H21F4N3O3/c1-27-17(16-23-15(24-28-16)10-18(20,21)22)6-8-25(9-7-17)11-14(26)12-4-2-3-5-13(12)19/h2-5,14,26H,6-11H2,1H3/t14-/m0/s1. The van der Waals surface area contributed by atoms with Gasteiger partial charge in [-0.2, -0.15) is 18.2 Å². The van der Waals surface area contributed by atoms with Crippen LogP contribution in [0.4, 0.5) is 17.6 Å². The van der Waals surface area contributed by atoms with Crippen LogP contribution in [0, 0.1) is 5.82 Å². The molecular formula is C18H21F4N3O3. The number of aliphatic hydroxyl groups is 1. The summed E-state index contributed by atoms with van der Waals surface area (Å²) >= 11 is 0. The van der Waals surface area contributed by atoms with Crippen molar-refractivity contribution in [1.82, 2.24) is 15.0 Å². The zero-order valence-electron chi connectivity index (χ0n) is 15.2. The van der Waals surface area contributed by atoms with Crippen LogP contribution in [0.1, 0.15) is 36.2 Å². The lowest BCUT2D eigenvalue weighted by Crippen LogP contribution is -2.45. The highest BCUT2D eigenvalue weighted by molar-refractivity contribution is 5.20. The minimum Gasteiger partial charge on any atom is -0.387 e. The molecular weight excluding hydrogens is 382 g/mol. The summed E-state index contributed by atoms with van der Waals surface area (Å²) in [6.07, 6.45) is -5.90. The van der Waals surface area contributed by atoms with Crippen LogP contribution < -0.4 is 0 Å². The number of likely N-dealkylation sites (tertiary alicyclic amines) is 1. The van der Waals surface area contributed by atoms with Gasteiger partial charge in [0.15, 0.2) is 5.82 Å². The average Bonchev–Trinajstić information content (AvgIpc) is 3.10. The van der Waals surface area contributed by atoms with E-state index in [1.807, 2.05) is 4.90 Å². The highest BCUT2D eigenvalue weighted by Gasteiger charge is 2.42. The van der Waals surface area contributed by atoms with Crippen molar-refractivity contribution < 1.29 is 31.9 Å². The van der Waals surface area contributed by atoms with Gasteiger partial charge in [0.2, 0.25) is 0 Å². The van der Waals surface area contributed by atoms with E-state index in [2.05, 4.69) is 10.1 Å². The summed E-state index contributed by atoms with van der Waals surface area (Å²) in [6, 6.07) is 6.03. The van der Waals surface area contributed by atoms with Gasteiger partial charge in [0.05, 0.1) is 6.10 Å². The number of halogens is 4. The summed E-state index contributed by atoms with van der Waals surface area (Å²) in [5.41, 5.74) is -0.754. The first-order chi connectivity index (χ1) is 13.2. The summed E-state index contributed by atoms with van der Waals surface area (Å²) in [4.78, 5) is 5.80. The fourth-order valence-corrected chi connectivity index (χ4v) is 3.38. The normalized spacial score (nSPS) is 18.9. The highest BCUT2D eigenvalue weighted by Crippen LogP contribution is 2.36. The van der Waals surface area contributed by atoms with E-state index in [4.69, 9.17) is 9.26 Å². The molecule has 154 valence electrons. The number of aliphatic hydroxyl groups excluding tert-OH is 1. The Bertz CT molecular complexity index is 788. The van der Waals surface area contributed by atoms with Crippen molar-refractivity contribution in [2.45, 2.75) is 37.1 Å². The third-order valence-electron chi connectivity index (χ3n) is 4.97. The number of nitrogens with zero attached hydrogens (tertiary/aromatic N) is 3. The molecule has 1 aromatic carbocycles. The Balaban J connectivity index is 1.63. The second-order valence-corrected chi connectivity index (χ2v) is 6.84. The second kappa shape index (κ2) is 8.14. The summed E-state index contributed by atoms with van der Waals surface area (Å²) in [5, 5.41) is 13.7. The van der Waals surface area contributed by atoms with Gasteiger partial charge in [-0.05, 0) is 18.9 Å². The van der Waals surface area contributed by atoms with Gasteiger partial charge in [-0.3, -0.25) is 0 Å². The molecule has 0 saturated carbocycles. The van der Waals surface area contributed by atoms with Crippen LogP contribution in [-0.4, -0.2) is 53.1 Å². The number of hydrogen-bond acceptors (Lipinski definition) is 6. The van der Waals surface area contributed by atoms with Gasteiger partial charge >= 0.3 is 6.18 Å². The lowest BCUT2D eigenvalue weighted by molar-refractivity contribution is -0.128. The summed E-state index contributed by atoms with van der Waals surface area (Å²) < 4.78 is 61.9. The molecule has 2 heterocycles. The van der Waals surface area contributed by atoms with Crippen LogP contribution in [-0.2, 0) is 16.8 Å². The maximum absolute atomic E-state index is 13.8. The fourth-order valence-electron chi connectivity index (χ4n) is 3.38. The van der Waals surface area contributed by atoms with Crippen LogP contribution in [0.15, 0.2) is 28.8 Å². The molecule has 10 heteroatoms. The highest BCUT2D eigenvalue weighted by atomic mass is 19.4.